The first kappa shape index (κ1) is 16.0. The van der Waals surface area contributed by atoms with Crippen LogP contribution in [0, 0.1) is 11.3 Å². The fraction of sp³-hybridized carbons (Fsp3) is 0.889. The van der Waals surface area contributed by atoms with Gasteiger partial charge in [-0.1, -0.05) is 25.0 Å². The van der Waals surface area contributed by atoms with Gasteiger partial charge in [-0.25, -0.2) is 0 Å². The van der Waals surface area contributed by atoms with E-state index in [0.717, 1.165) is 32.1 Å². The highest BCUT2D eigenvalue weighted by atomic mass is 16.3. The Labute approximate surface area is 124 Å². The van der Waals surface area contributed by atoms with E-state index in [9.17, 15) is 10.2 Å². The van der Waals surface area contributed by atoms with E-state index >= 15 is 0 Å². The molecule has 0 heterocycles. The van der Waals surface area contributed by atoms with Crippen molar-refractivity contribution in [1.29, 1.82) is 0 Å². The molecule has 0 saturated heterocycles. The third-order valence-corrected chi connectivity index (χ3v) is 5.36. The van der Waals surface area contributed by atoms with Crippen molar-refractivity contribution in [2.45, 2.75) is 89.8 Å². The van der Waals surface area contributed by atoms with E-state index in [-0.39, 0.29) is 6.10 Å². The molecule has 2 saturated carbocycles. The molecule has 2 aliphatic carbocycles. The van der Waals surface area contributed by atoms with Gasteiger partial charge >= 0.3 is 0 Å². The first-order valence-corrected chi connectivity index (χ1v) is 8.51. The molecule has 2 nitrogen and oxygen atoms in total. The predicted molar refractivity (Wildman–Crippen MR) is 83.5 cm³/mol. The van der Waals surface area contributed by atoms with Crippen molar-refractivity contribution in [3.8, 4) is 0 Å². The number of fused-ring (bicyclic) bond motifs is 1. The molecular weight excluding hydrogens is 248 g/mol. The van der Waals surface area contributed by atoms with Crippen LogP contribution in [0.3, 0.4) is 0 Å². The summed E-state index contributed by atoms with van der Waals surface area (Å²) in [6, 6.07) is 0. The molecule has 2 rings (SSSR count). The summed E-state index contributed by atoms with van der Waals surface area (Å²) in [4.78, 5) is 0. The third kappa shape index (κ3) is 4.08. The molecule has 2 heteroatoms. The third-order valence-electron chi connectivity index (χ3n) is 5.36. The molecule has 0 aliphatic heterocycles. The lowest BCUT2D eigenvalue weighted by molar-refractivity contribution is 0.0162. The van der Waals surface area contributed by atoms with Crippen molar-refractivity contribution in [1.82, 2.24) is 0 Å². The van der Waals surface area contributed by atoms with Crippen LogP contribution in [0.5, 0.6) is 0 Å². The molecule has 0 aromatic rings. The summed E-state index contributed by atoms with van der Waals surface area (Å²) in [6.45, 7) is 3.77. The molecule has 2 fully saturated rings. The minimum absolute atomic E-state index is 0.0638. The monoisotopic (exact) mass is 280 g/mol. The second kappa shape index (κ2) is 6.62. The van der Waals surface area contributed by atoms with Crippen LogP contribution in [-0.4, -0.2) is 21.9 Å². The second-order valence-corrected chi connectivity index (χ2v) is 7.65. The molecule has 0 aromatic heterocycles. The Morgan fingerprint density at radius 3 is 2.55 bits per heavy atom. The maximum absolute atomic E-state index is 10.2. The Kier molecular flexibility index (Phi) is 5.30. The number of allylic oxidation sites excluding steroid dienone is 2. The first-order valence-electron chi connectivity index (χ1n) is 8.51. The Balaban J connectivity index is 1.78. The lowest BCUT2D eigenvalue weighted by Gasteiger charge is -2.40. The van der Waals surface area contributed by atoms with Crippen LogP contribution in [0.4, 0.5) is 0 Å². The zero-order valence-electron chi connectivity index (χ0n) is 13.3. The lowest BCUT2D eigenvalue weighted by atomic mass is 9.66. The van der Waals surface area contributed by atoms with Crippen LogP contribution in [0.1, 0.15) is 78.1 Å². The van der Waals surface area contributed by atoms with Crippen LogP contribution < -0.4 is 0 Å². The van der Waals surface area contributed by atoms with Crippen LogP contribution in [0.25, 0.3) is 0 Å². The van der Waals surface area contributed by atoms with Crippen molar-refractivity contribution < 1.29 is 10.2 Å². The van der Waals surface area contributed by atoms with Crippen molar-refractivity contribution >= 4 is 0 Å². The average Bonchev–Trinajstić information content (AvgIpc) is 2.78. The zero-order chi connectivity index (χ0) is 14.6. The van der Waals surface area contributed by atoms with Crippen molar-refractivity contribution in [2.24, 2.45) is 11.3 Å². The number of unbranched alkanes of at least 4 members (excludes halogenated alkanes) is 2. The molecule has 2 aliphatic rings. The maximum Gasteiger partial charge on any atom is 0.0591 e. The van der Waals surface area contributed by atoms with Gasteiger partial charge in [0.15, 0.2) is 0 Å². The summed E-state index contributed by atoms with van der Waals surface area (Å²) < 4.78 is 0. The molecule has 0 radical (unpaired) electrons. The highest BCUT2D eigenvalue weighted by Crippen LogP contribution is 2.53. The fourth-order valence-corrected chi connectivity index (χ4v) is 4.28. The lowest BCUT2D eigenvalue weighted by Crippen LogP contribution is -2.37. The predicted octanol–water partition coefficient (Wildman–Crippen LogP) is 4.21. The van der Waals surface area contributed by atoms with Crippen LogP contribution >= 0.6 is 0 Å². The van der Waals surface area contributed by atoms with E-state index < -0.39 is 5.60 Å². The number of rotatable bonds is 6. The molecule has 0 spiro atoms. The molecule has 0 bridgehead atoms. The Hall–Kier alpha value is -0.340. The van der Waals surface area contributed by atoms with Gasteiger partial charge in [-0.15, -0.1) is 0 Å². The molecule has 20 heavy (non-hydrogen) atoms. The van der Waals surface area contributed by atoms with Gasteiger partial charge in [-0.3, -0.25) is 0 Å². The van der Waals surface area contributed by atoms with E-state index in [1.54, 1.807) is 0 Å². The van der Waals surface area contributed by atoms with Gasteiger partial charge in [0.05, 0.1) is 11.7 Å². The molecule has 0 amide bonds. The van der Waals surface area contributed by atoms with Gasteiger partial charge in [-0.05, 0) is 76.5 Å². The smallest absolute Gasteiger partial charge is 0.0591 e. The minimum Gasteiger partial charge on any atom is -0.393 e. The molecule has 0 aromatic carbocycles. The fourth-order valence-electron chi connectivity index (χ4n) is 4.28. The Bertz CT molecular complexity index is 329. The maximum atomic E-state index is 10.2. The second-order valence-electron chi connectivity index (χ2n) is 7.65. The van der Waals surface area contributed by atoms with Gasteiger partial charge in [0, 0.05) is 0 Å². The van der Waals surface area contributed by atoms with E-state index in [0.29, 0.717) is 11.3 Å². The largest absolute Gasteiger partial charge is 0.393 e. The summed E-state index contributed by atoms with van der Waals surface area (Å²) in [5, 5.41) is 19.9. The van der Waals surface area contributed by atoms with Crippen LogP contribution in [0.15, 0.2) is 12.2 Å². The molecular formula is C18H32O2. The van der Waals surface area contributed by atoms with Gasteiger partial charge in [0.2, 0.25) is 0 Å². The number of hydrogen-bond acceptors (Lipinski definition) is 2. The Morgan fingerprint density at radius 2 is 1.85 bits per heavy atom. The van der Waals surface area contributed by atoms with Crippen molar-refractivity contribution in [3.05, 3.63) is 12.2 Å². The molecule has 2 N–H and O–H groups in total. The highest BCUT2D eigenvalue weighted by molar-refractivity contribution is 5.09. The van der Waals surface area contributed by atoms with E-state index in [1.807, 2.05) is 13.8 Å². The summed E-state index contributed by atoms with van der Waals surface area (Å²) in [7, 11) is 0. The van der Waals surface area contributed by atoms with Gasteiger partial charge < -0.3 is 10.2 Å². The summed E-state index contributed by atoms with van der Waals surface area (Å²) in [6.07, 6.45) is 16.2. The van der Waals surface area contributed by atoms with E-state index in [2.05, 4.69) is 12.2 Å². The van der Waals surface area contributed by atoms with E-state index in [4.69, 9.17) is 0 Å². The first-order chi connectivity index (χ1) is 9.43. The SMILES string of the molecule is CC(C)(O)CCCC/C=C\[C@]12CCC[C@@H](O)[C@@H]1CCC2. The topological polar surface area (TPSA) is 40.5 Å². The minimum atomic E-state index is -0.521. The number of aliphatic hydroxyl groups is 2. The van der Waals surface area contributed by atoms with Gasteiger partial charge in [0.1, 0.15) is 0 Å². The standard InChI is InChI=1S/C18H32O2/c1-17(2,20)11-5-3-4-6-12-18-13-7-9-15(18)16(19)10-8-14-18/h6,12,15-16,19-20H,3-5,7-11,13-14H2,1-2H3/b12-6-/t15-,16+,18-/m0/s1. The van der Waals surface area contributed by atoms with Crippen molar-refractivity contribution in [2.75, 3.05) is 0 Å². The summed E-state index contributed by atoms with van der Waals surface area (Å²) in [5.74, 6) is 0.517. The van der Waals surface area contributed by atoms with E-state index in [1.165, 1.54) is 32.1 Å². The quantitative estimate of drug-likeness (QED) is 0.565. The van der Waals surface area contributed by atoms with Gasteiger partial charge in [-0.2, -0.15) is 0 Å². The number of hydrogen-bond donors (Lipinski definition) is 2. The van der Waals surface area contributed by atoms with Gasteiger partial charge in [0.25, 0.3) is 0 Å². The Morgan fingerprint density at radius 1 is 1.15 bits per heavy atom. The normalized spacial score (nSPS) is 34.6. The highest BCUT2D eigenvalue weighted by Gasteiger charge is 2.46. The molecule has 116 valence electrons. The summed E-state index contributed by atoms with van der Waals surface area (Å²) in [5.41, 5.74) is -0.208. The zero-order valence-corrected chi connectivity index (χ0v) is 13.3. The van der Waals surface area contributed by atoms with Crippen LogP contribution in [-0.2, 0) is 0 Å². The molecule has 3 atom stereocenters. The molecule has 0 unspecified atom stereocenters. The summed E-state index contributed by atoms with van der Waals surface area (Å²) >= 11 is 0. The van der Waals surface area contributed by atoms with Crippen LogP contribution in [0.2, 0.25) is 0 Å². The van der Waals surface area contributed by atoms with Crippen molar-refractivity contribution in [3.63, 3.8) is 0 Å². The average molecular weight is 280 g/mol. The number of aliphatic hydroxyl groups excluding tert-OH is 1.